The van der Waals surface area contributed by atoms with Crippen LogP contribution >= 0.6 is 0 Å². The van der Waals surface area contributed by atoms with E-state index in [9.17, 15) is 4.79 Å². The van der Waals surface area contributed by atoms with E-state index in [4.69, 9.17) is 4.84 Å². The molecule has 0 unspecified atom stereocenters. The third kappa shape index (κ3) is 5.06. The minimum absolute atomic E-state index is 0.105. The molecule has 0 saturated carbocycles. The predicted octanol–water partition coefficient (Wildman–Crippen LogP) is 3.69. The minimum Gasteiger partial charge on any atom is -0.469 e. The summed E-state index contributed by atoms with van der Waals surface area (Å²) >= 11 is 0. The molecule has 20 heavy (non-hydrogen) atoms. The summed E-state index contributed by atoms with van der Waals surface area (Å²) in [6.45, 7) is 9.75. The summed E-state index contributed by atoms with van der Waals surface area (Å²) in [5, 5.41) is 2.20. The molecule has 0 aromatic heterocycles. The van der Waals surface area contributed by atoms with Crippen LogP contribution < -0.4 is 0 Å². The van der Waals surface area contributed by atoms with Crippen molar-refractivity contribution in [2.75, 3.05) is 13.7 Å². The number of hydrogen-bond acceptors (Lipinski definition) is 4. The van der Waals surface area contributed by atoms with Crippen LogP contribution in [0.3, 0.4) is 0 Å². The average molecular weight is 285 g/mol. The maximum Gasteiger partial charge on any atom is 0.305 e. The first-order valence-electron chi connectivity index (χ1n) is 7.80. The summed E-state index contributed by atoms with van der Waals surface area (Å²) in [5.74, 6) is -0.121. The quantitative estimate of drug-likeness (QED) is 0.528. The number of nitrogens with zero attached hydrogens (tertiary/aromatic N) is 1. The third-order valence-corrected chi connectivity index (χ3v) is 4.15. The number of hydroxylamine groups is 2. The van der Waals surface area contributed by atoms with Crippen LogP contribution in [0.2, 0.25) is 0 Å². The van der Waals surface area contributed by atoms with Gasteiger partial charge in [0.1, 0.15) is 0 Å². The Morgan fingerprint density at radius 1 is 1.05 bits per heavy atom. The Balaban J connectivity index is 2.27. The smallest absolute Gasteiger partial charge is 0.305 e. The zero-order valence-corrected chi connectivity index (χ0v) is 13.8. The Morgan fingerprint density at radius 2 is 1.65 bits per heavy atom. The number of piperidine rings is 1. The van der Waals surface area contributed by atoms with Gasteiger partial charge in [-0.3, -0.25) is 9.63 Å². The van der Waals surface area contributed by atoms with E-state index in [1.807, 2.05) is 0 Å². The number of hydrogen-bond donors (Lipinski definition) is 0. The standard InChI is InChI=1S/C16H31NO3/c1-15(2)11-9-12-16(3,4)17(15)20-13-8-6-7-10-14(18)19-5/h6-13H2,1-5H3. The van der Waals surface area contributed by atoms with Crippen molar-refractivity contribution < 1.29 is 14.4 Å². The Labute approximate surface area is 123 Å². The van der Waals surface area contributed by atoms with Crippen molar-refractivity contribution in [1.82, 2.24) is 5.06 Å². The highest BCUT2D eigenvalue weighted by molar-refractivity contribution is 5.68. The van der Waals surface area contributed by atoms with Gasteiger partial charge >= 0.3 is 5.97 Å². The molecule has 0 bridgehead atoms. The highest BCUT2D eigenvalue weighted by Crippen LogP contribution is 2.38. The van der Waals surface area contributed by atoms with E-state index in [1.54, 1.807) is 0 Å². The minimum atomic E-state index is -0.121. The Kier molecular flexibility index (Phi) is 6.46. The molecule has 4 nitrogen and oxygen atoms in total. The summed E-state index contributed by atoms with van der Waals surface area (Å²) < 4.78 is 4.63. The van der Waals surface area contributed by atoms with Crippen LogP contribution in [-0.4, -0.2) is 35.8 Å². The largest absolute Gasteiger partial charge is 0.469 e. The lowest BCUT2D eigenvalue weighted by Gasteiger charge is -2.51. The van der Waals surface area contributed by atoms with Crippen LogP contribution in [0.5, 0.6) is 0 Å². The van der Waals surface area contributed by atoms with Crippen LogP contribution in [0.4, 0.5) is 0 Å². The topological polar surface area (TPSA) is 38.8 Å². The van der Waals surface area contributed by atoms with Crippen molar-refractivity contribution >= 4 is 5.97 Å². The molecule has 0 radical (unpaired) electrons. The number of ether oxygens (including phenoxy) is 1. The summed E-state index contributed by atoms with van der Waals surface area (Å²) in [7, 11) is 1.44. The van der Waals surface area contributed by atoms with E-state index < -0.39 is 0 Å². The monoisotopic (exact) mass is 285 g/mol. The van der Waals surface area contributed by atoms with Gasteiger partial charge in [-0.1, -0.05) is 6.42 Å². The van der Waals surface area contributed by atoms with Crippen LogP contribution in [-0.2, 0) is 14.4 Å². The fourth-order valence-corrected chi connectivity index (χ4v) is 3.13. The van der Waals surface area contributed by atoms with Crippen molar-refractivity contribution in [1.29, 1.82) is 0 Å². The van der Waals surface area contributed by atoms with Crippen LogP contribution in [0, 0.1) is 0 Å². The first kappa shape index (κ1) is 17.4. The predicted molar refractivity (Wildman–Crippen MR) is 80.3 cm³/mol. The molecule has 1 saturated heterocycles. The van der Waals surface area contributed by atoms with Gasteiger partial charge in [0.15, 0.2) is 0 Å². The second-order valence-electron chi connectivity index (χ2n) is 6.99. The summed E-state index contributed by atoms with van der Waals surface area (Å²) in [4.78, 5) is 17.1. The maximum atomic E-state index is 11.0. The van der Waals surface area contributed by atoms with Crippen molar-refractivity contribution in [2.45, 2.75) is 83.7 Å². The van der Waals surface area contributed by atoms with Gasteiger partial charge in [0.05, 0.1) is 13.7 Å². The molecule has 118 valence electrons. The fourth-order valence-electron chi connectivity index (χ4n) is 3.13. The number of methoxy groups -OCH3 is 1. The molecule has 0 atom stereocenters. The van der Waals surface area contributed by atoms with Crippen LogP contribution in [0.1, 0.15) is 72.6 Å². The molecule has 0 amide bonds. The summed E-state index contributed by atoms with van der Waals surface area (Å²) in [5.41, 5.74) is 0.210. The zero-order valence-electron chi connectivity index (χ0n) is 13.8. The van der Waals surface area contributed by atoms with E-state index in [1.165, 1.54) is 26.4 Å². The van der Waals surface area contributed by atoms with Crippen molar-refractivity contribution in [3.05, 3.63) is 0 Å². The molecule has 1 rings (SSSR count). The van der Waals surface area contributed by atoms with E-state index in [-0.39, 0.29) is 17.0 Å². The highest BCUT2D eigenvalue weighted by Gasteiger charge is 2.42. The number of carbonyl (C=O) groups excluding carboxylic acids is 1. The van der Waals surface area contributed by atoms with E-state index >= 15 is 0 Å². The maximum absolute atomic E-state index is 11.0. The SMILES string of the molecule is COC(=O)CCCCCON1C(C)(C)CCCC1(C)C. The molecule has 0 aromatic rings. The van der Waals surface area contributed by atoms with Gasteiger partial charge in [0.2, 0.25) is 0 Å². The summed E-state index contributed by atoms with van der Waals surface area (Å²) in [6, 6.07) is 0. The van der Waals surface area contributed by atoms with Gasteiger partial charge in [-0.05, 0) is 59.8 Å². The van der Waals surface area contributed by atoms with E-state index in [0.29, 0.717) is 6.42 Å². The zero-order chi connectivity index (χ0) is 15.2. The molecule has 0 aliphatic carbocycles. The number of unbranched alkanes of at least 4 members (excludes halogenated alkanes) is 2. The van der Waals surface area contributed by atoms with Gasteiger partial charge in [-0.2, -0.15) is 5.06 Å². The Morgan fingerprint density at radius 3 is 2.20 bits per heavy atom. The second-order valence-corrected chi connectivity index (χ2v) is 6.99. The molecule has 1 fully saturated rings. The van der Waals surface area contributed by atoms with Gasteiger partial charge < -0.3 is 4.74 Å². The Bertz CT molecular complexity index is 297. The first-order chi connectivity index (χ1) is 9.29. The van der Waals surface area contributed by atoms with Gasteiger partial charge in [0.25, 0.3) is 0 Å². The first-order valence-corrected chi connectivity index (χ1v) is 7.80. The molecule has 1 aliphatic rings. The highest BCUT2D eigenvalue weighted by atomic mass is 16.7. The van der Waals surface area contributed by atoms with E-state index in [0.717, 1.165) is 25.9 Å². The Hall–Kier alpha value is -0.610. The lowest BCUT2D eigenvalue weighted by atomic mass is 9.82. The van der Waals surface area contributed by atoms with Gasteiger partial charge in [-0.25, -0.2) is 0 Å². The molecule has 0 N–H and O–H groups in total. The van der Waals surface area contributed by atoms with E-state index in [2.05, 4.69) is 37.5 Å². The molecule has 1 heterocycles. The molecular weight excluding hydrogens is 254 g/mol. The van der Waals surface area contributed by atoms with Crippen molar-refractivity contribution in [2.24, 2.45) is 0 Å². The van der Waals surface area contributed by atoms with Gasteiger partial charge in [0, 0.05) is 17.5 Å². The molecule has 0 aromatic carbocycles. The molecular formula is C16H31NO3. The molecule has 1 aliphatic heterocycles. The molecule has 0 spiro atoms. The molecule has 4 heteroatoms. The van der Waals surface area contributed by atoms with Gasteiger partial charge in [-0.15, -0.1) is 0 Å². The van der Waals surface area contributed by atoms with Crippen LogP contribution in [0.15, 0.2) is 0 Å². The number of rotatable bonds is 7. The normalized spacial score (nSPS) is 21.6. The van der Waals surface area contributed by atoms with Crippen LogP contribution in [0.25, 0.3) is 0 Å². The lowest BCUT2D eigenvalue weighted by molar-refractivity contribution is -0.281. The van der Waals surface area contributed by atoms with Crippen molar-refractivity contribution in [3.63, 3.8) is 0 Å². The summed E-state index contributed by atoms with van der Waals surface area (Å²) in [6.07, 6.45) is 7.00. The number of carbonyl (C=O) groups is 1. The second kappa shape index (κ2) is 7.41. The van der Waals surface area contributed by atoms with Crippen molar-refractivity contribution in [3.8, 4) is 0 Å². The number of esters is 1. The average Bonchev–Trinajstić information content (AvgIpc) is 2.34. The lowest BCUT2D eigenvalue weighted by Crippen LogP contribution is -2.58. The third-order valence-electron chi connectivity index (χ3n) is 4.15. The fraction of sp³-hybridized carbons (Fsp3) is 0.938.